The van der Waals surface area contributed by atoms with Gasteiger partial charge >= 0.3 is 0 Å². The number of hydrogen-bond donors (Lipinski definition) is 1. The summed E-state index contributed by atoms with van der Waals surface area (Å²) in [5, 5.41) is 11.7. The number of aromatic nitrogens is 5. The Balaban J connectivity index is 1.48. The minimum absolute atomic E-state index is 0.223. The molecule has 2 atom stereocenters. The van der Waals surface area contributed by atoms with E-state index in [9.17, 15) is 0 Å². The third kappa shape index (κ3) is 3.44. The second-order valence-electron chi connectivity index (χ2n) is 7.10. The molecule has 25 heavy (non-hydrogen) atoms. The molecule has 0 unspecified atom stereocenters. The van der Waals surface area contributed by atoms with E-state index in [0.29, 0.717) is 12.0 Å². The average molecular weight is 343 g/mol. The van der Waals surface area contributed by atoms with Gasteiger partial charge in [-0.1, -0.05) is 13.8 Å². The fourth-order valence-electron chi connectivity index (χ4n) is 3.67. The van der Waals surface area contributed by atoms with Gasteiger partial charge in [-0.05, 0) is 18.8 Å². The third-order valence-corrected chi connectivity index (χ3v) is 4.97. The Kier molecular flexibility index (Phi) is 4.52. The highest BCUT2D eigenvalue weighted by molar-refractivity contribution is 5.49. The zero-order valence-corrected chi connectivity index (χ0v) is 14.8. The minimum Gasteiger partial charge on any atom is -0.376 e. The van der Waals surface area contributed by atoms with Gasteiger partial charge in [-0.15, -0.1) is 10.2 Å². The molecule has 0 saturated carbocycles. The van der Waals surface area contributed by atoms with Gasteiger partial charge in [0.05, 0.1) is 18.7 Å². The summed E-state index contributed by atoms with van der Waals surface area (Å²) >= 11 is 0. The minimum atomic E-state index is 0.223. The predicted octanol–water partition coefficient (Wildman–Crippen LogP) is 1.70. The number of nitrogens with one attached hydrogen (secondary N) is 1. The van der Waals surface area contributed by atoms with Crippen molar-refractivity contribution in [1.29, 1.82) is 0 Å². The molecular weight excluding hydrogens is 318 g/mol. The molecule has 1 saturated heterocycles. The van der Waals surface area contributed by atoms with Crippen molar-refractivity contribution in [2.45, 2.75) is 51.9 Å². The average Bonchev–Trinajstić information content (AvgIpc) is 3.10. The zero-order valence-electron chi connectivity index (χ0n) is 14.8. The Morgan fingerprint density at radius 2 is 2.20 bits per heavy atom. The van der Waals surface area contributed by atoms with Crippen LogP contribution in [-0.4, -0.2) is 50.0 Å². The largest absolute Gasteiger partial charge is 0.376 e. The van der Waals surface area contributed by atoms with E-state index in [-0.39, 0.29) is 6.10 Å². The second-order valence-corrected chi connectivity index (χ2v) is 7.10. The molecule has 0 spiro atoms. The molecule has 8 nitrogen and oxygen atoms in total. The molecular formula is C17H25N7O. The molecule has 2 aromatic rings. The molecule has 134 valence electrons. The summed E-state index contributed by atoms with van der Waals surface area (Å²) in [5.74, 6) is 3.23. The van der Waals surface area contributed by atoms with Gasteiger partial charge in [-0.3, -0.25) is 0 Å². The van der Waals surface area contributed by atoms with E-state index in [0.717, 1.165) is 56.5 Å². The van der Waals surface area contributed by atoms with Crippen molar-refractivity contribution in [3.63, 3.8) is 0 Å². The third-order valence-electron chi connectivity index (χ3n) is 4.97. The summed E-state index contributed by atoms with van der Waals surface area (Å²) in [5.41, 5.74) is 0. The molecule has 0 bridgehead atoms. The van der Waals surface area contributed by atoms with Gasteiger partial charge in [-0.25, -0.2) is 9.97 Å². The quantitative estimate of drug-likeness (QED) is 0.905. The number of nitrogens with zero attached hydrogens (tertiary/aromatic N) is 6. The number of fused-ring (bicyclic) bond motifs is 1. The van der Waals surface area contributed by atoms with Crippen molar-refractivity contribution < 1.29 is 4.74 Å². The van der Waals surface area contributed by atoms with Crippen molar-refractivity contribution in [2.75, 3.05) is 23.4 Å². The first-order valence-corrected chi connectivity index (χ1v) is 9.02. The van der Waals surface area contributed by atoms with E-state index in [4.69, 9.17) is 4.74 Å². The summed E-state index contributed by atoms with van der Waals surface area (Å²) < 4.78 is 8.05. The molecule has 8 heteroatoms. The molecule has 0 aromatic carbocycles. The Morgan fingerprint density at radius 1 is 1.28 bits per heavy atom. The van der Waals surface area contributed by atoms with E-state index < -0.39 is 0 Å². The monoisotopic (exact) mass is 343 g/mol. The topological polar surface area (TPSA) is 81.0 Å². The van der Waals surface area contributed by atoms with Crippen LogP contribution in [0.5, 0.6) is 0 Å². The first-order chi connectivity index (χ1) is 12.2. The number of ether oxygens (including phenoxy) is 1. The van der Waals surface area contributed by atoms with Crippen LogP contribution in [0.1, 0.15) is 32.5 Å². The van der Waals surface area contributed by atoms with E-state index in [1.807, 2.05) is 6.07 Å². The summed E-state index contributed by atoms with van der Waals surface area (Å²) in [4.78, 5) is 11.1. The number of anilines is 2. The lowest BCUT2D eigenvalue weighted by Crippen LogP contribution is -2.43. The van der Waals surface area contributed by atoms with Crippen LogP contribution >= 0.6 is 0 Å². The van der Waals surface area contributed by atoms with Crippen LogP contribution in [-0.2, 0) is 17.8 Å². The van der Waals surface area contributed by atoms with Crippen LogP contribution in [0.2, 0.25) is 0 Å². The lowest BCUT2D eigenvalue weighted by atomic mass is 9.94. The van der Waals surface area contributed by atoms with Crippen LogP contribution in [0.15, 0.2) is 18.7 Å². The first-order valence-electron chi connectivity index (χ1n) is 9.02. The Hall–Kier alpha value is -2.22. The molecule has 2 aliphatic rings. The standard InChI is InChI=1S/C17H25N7O/c1-12(2)17-13(4-3-7-25-17)21-14-8-15(19-10-18-14)23-5-6-24-11-20-22-16(24)9-23/h8,10-13,17H,3-7,9H2,1-2H3,(H,18,19,21)/t13-,17-/m1/s1. The van der Waals surface area contributed by atoms with Crippen molar-refractivity contribution in [3.05, 3.63) is 24.5 Å². The van der Waals surface area contributed by atoms with Gasteiger partial charge in [-0.2, -0.15) is 0 Å². The maximum atomic E-state index is 5.97. The van der Waals surface area contributed by atoms with Crippen LogP contribution in [0.4, 0.5) is 11.6 Å². The Morgan fingerprint density at radius 3 is 3.08 bits per heavy atom. The molecule has 2 aliphatic heterocycles. The van der Waals surface area contributed by atoms with Crippen molar-refractivity contribution in [1.82, 2.24) is 24.7 Å². The van der Waals surface area contributed by atoms with Gasteiger partial charge < -0.3 is 19.5 Å². The maximum Gasteiger partial charge on any atom is 0.152 e. The molecule has 2 aromatic heterocycles. The zero-order chi connectivity index (χ0) is 17.2. The van der Waals surface area contributed by atoms with Crippen molar-refractivity contribution in [3.8, 4) is 0 Å². The highest BCUT2D eigenvalue weighted by atomic mass is 16.5. The molecule has 0 amide bonds. The van der Waals surface area contributed by atoms with E-state index in [1.54, 1.807) is 12.7 Å². The van der Waals surface area contributed by atoms with Crippen molar-refractivity contribution in [2.24, 2.45) is 5.92 Å². The normalized spacial score (nSPS) is 23.6. The van der Waals surface area contributed by atoms with Crippen LogP contribution < -0.4 is 10.2 Å². The van der Waals surface area contributed by atoms with E-state index in [1.165, 1.54) is 0 Å². The fraction of sp³-hybridized carbons (Fsp3) is 0.647. The van der Waals surface area contributed by atoms with Gasteiger partial charge in [0.2, 0.25) is 0 Å². The smallest absolute Gasteiger partial charge is 0.152 e. The number of rotatable bonds is 4. The summed E-state index contributed by atoms with van der Waals surface area (Å²) in [6, 6.07) is 2.32. The molecule has 4 heterocycles. The van der Waals surface area contributed by atoms with E-state index >= 15 is 0 Å². The van der Waals surface area contributed by atoms with Gasteiger partial charge in [0.15, 0.2) is 5.82 Å². The highest BCUT2D eigenvalue weighted by Gasteiger charge is 2.29. The van der Waals surface area contributed by atoms with Gasteiger partial charge in [0, 0.05) is 25.8 Å². The molecule has 1 fully saturated rings. The fourth-order valence-corrected chi connectivity index (χ4v) is 3.67. The highest BCUT2D eigenvalue weighted by Crippen LogP contribution is 2.25. The predicted molar refractivity (Wildman–Crippen MR) is 94.3 cm³/mol. The SMILES string of the molecule is CC(C)[C@H]1OCCC[C@H]1Nc1cc(N2CCn3cnnc3C2)ncn1. The summed E-state index contributed by atoms with van der Waals surface area (Å²) in [6.07, 6.45) is 5.83. The maximum absolute atomic E-state index is 5.97. The van der Waals surface area contributed by atoms with Crippen LogP contribution in [0.25, 0.3) is 0 Å². The first kappa shape index (κ1) is 16.3. The Bertz CT molecular complexity index is 717. The van der Waals surface area contributed by atoms with E-state index in [2.05, 4.69) is 48.8 Å². The van der Waals surface area contributed by atoms with Crippen LogP contribution in [0.3, 0.4) is 0 Å². The molecule has 1 N–H and O–H groups in total. The lowest BCUT2D eigenvalue weighted by molar-refractivity contribution is -0.0203. The number of hydrogen-bond acceptors (Lipinski definition) is 7. The van der Waals surface area contributed by atoms with Gasteiger partial charge in [0.25, 0.3) is 0 Å². The second kappa shape index (κ2) is 6.95. The summed E-state index contributed by atoms with van der Waals surface area (Å²) in [7, 11) is 0. The molecule has 0 radical (unpaired) electrons. The lowest BCUT2D eigenvalue weighted by Gasteiger charge is -2.35. The molecule has 0 aliphatic carbocycles. The van der Waals surface area contributed by atoms with Crippen molar-refractivity contribution >= 4 is 11.6 Å². The molecule has 4 rings (SSSR count). The van der Waals surface area contributed by atoms with Gasteiger partial charge in [0.1, 0.15) is 24.3 Å². The summed E-state index contributed by atoms with van der Waals surface area (Å²) in [6.45, 7) is 7.76. The van der Waals surface area contributed by atoms with Crippen LogP contribution in [0, 0.1) is 5.92 Å². The Labute approximate surface area is 147 Å².